The van der Waals surface area contributed by atoms with Crippen LogP contribution in [0.2, 0.25) is 0 Å². The molecule has 0 aliphatic heterocycles. The SMILES string of the molecule is CCCCCCCCCCOc1ccc(-c2cc[c]cc2)cc1F. The summed E-state index contributed by atoms with van der Waals surface area (Å²) in [6, 6.07) is 15.7. The van der Waals surface area contributed by atoms with Gasteiger partial charge in [-0.3, -0.25) is 0 Å². The van der Waals surface area contributed by atoms with Crippen molar-refractivity contribution in [3.05, 3.63) is 54.3 Å². The largest absolute Gasteiger partial charge is 0.491 e. The average molecular weight is 327 g/mol. The summed E-state index contributed by atoms with van der Waals surface area (Å²) in [7, 11) is 0. The van der Waals surface area contributed by atoms with E-state index in [-0.39, 0.29) is 5.82 Å². The molecule has 1 nitrogen and oxygen atoms in total. The molecule has 2 aromatic rings. The summed E-state index contributed by atoms with van der Waals surface area (Å²) in [5, 5.41) is 0. The Hall–Kier alpha value is -1.83. The lowest BCUT2D eigenvalue weighted by Gasteiger charge is -2.09. The van der Waals surface area contributed by atoms with E-state index in [1.807, 2.05) is 30.3 Å². The molecular weight excluding hydrogens is 299 g/mol. The number of rotatable bonds is 11. The minimum absolute atomic E-state index is 0.292. The number of halogens is 1. The maximum absolute atomic E-state index is 14.2. The molecule has 2 heteroatoms. The number of hydrogen-bond donors (Lipinski definition) is 0. The second kappa shape index (κ2) is 10.9. The molecular formula is C22H28FO. The lowest BCUT2D eigenvalue weighted by atomic mass is 10.1. The Labute approximate surface area is 145 Å². The first-order valence-electron chi connectivity index (χ1n) is 9.20. The smallest absolute Gasteiger partial charge is 0.165 e. The van der Waals surface area contributed by atoms with E-state index in [0.29, 0.717) is 12.4 Å². The molecule has 0 N–H and O–H groups in total. The molecule has 0 saturated heterocycles. The Morgan fingerprint density at radius 1 is 0.833 bits per heavy atom. The molecule has 0 heterocycles. The van der Waals surface area contributed by atoms with E-state index >= 15 is 0 Å². The highest BCUT2D eigenvalue weighted by Crippen LogP contribution is 2.25. The van der Waals surface area contributed by atoms with Crippen LogP contribution in [0.25, 0.3) is 11.1 Å². The quantitative estimate of drug-likeness (QED) is 0.412. The fourth-order valence-electron chi connectivity index (χ4n) is 2.79. The zero-order valence-corrected chi connectivity index (χ0v) is 14.7. The Morgan fingerprint density at radius 3 is 2.17 bits per heavy atom. The van der Waals surface area contributed by atoms with Gasteiger partial charge in [-0.2, -0.15) is 0 Å². The summed E-state index contributed by atoms with van der Waals surface area (Å²) in [4.78, 5) is 0. The highest BCUT2D eigenvalue weighted by atomic mass is 19.1. The van der Waals surface area contributed by atoms with Crippen molar-refractivity contribution < 1.29 is 9.13 Å². The standard InChI is InChI=1S/C22H28FO/c1-2-3-4-5-6-7-8-12-17-24-22-16-15-20(18-21(22)23)19-13-10-9-11-14-19/h10-11,13-16,18H,2-8,12,17H2,1H3. The van der Waals surface area contributed by atoms with Crippen LogP contribution in [0.1, 0.15) is 58.3 Å². The molecule has 0 saturated carbocycles. The summed E-state index contributed by atoms with van der Waals surface area (Å²) in [5.41, 5.74) is 1.85. The highest BCUT2D eigenvalue weighted by molar-refractivity contribution is 5.64. The van der Waals surface area contributed by atoms with Gasteiger partial charge in [0.1, 0.15) is 0 Å². The Kier molecular flexibility index (Phi) is 8.37. The zero-order valence-electron chi connectivity index (χ0n) is 14.7. The van der Waals surface area contributed by atoms with E-state index in [0.717, 1.165) is 24.0 Å². The third kappa shape index (κ3) is 6.35. The van der Waals surface area contributed by atoms with Crippen molar-refractivity contribution in [1.82, 2.24) is 0 Å². The van der Waals surface area contributed by atoms with Gasteiger partial charge in [0, 0.05) is 0 Å². The third-order valence-corrected chi connectivity index (χ3v) is 4.24. The average Bonchev–Trinajstić information content (AvgIpc) is 2.62. The van der Waals surface area contributed by atoms with E-state index in [1.165, 1.54) is 38.5 Å². The molecule has 0 atom stereocenters. The fraction of sp³-hybridized carbons (Fsp3) is 0.455. The molecule has 0 aliphatic carbocycles. The van der Waals surface area contributed by atoms with Crippen molar-refractivity contribution in [2.45, 2.75) is 58.3 Å². The van der Waals surface area contributed by atoms with Crippen LogP contribution in [0.5, 0.6) is 5.75 Å². The second-order valence-electron chi connectivity index (χ2n) is 6.26. The van der Waals surface area contributed by atoms with Crippen molar-refractivity contribution in [3.8, 4) is 16.9 Å². The molecule has 0 spiro atoms. The van der Waals surface area contributed by atoms with Crippen LogP contribution in [0.4, 0.5) is 4.39 Å². The first kappa shape index (κ1) is 18.5. The van der Waals surface area contributed by atoms with Crippen LogP contribution in [-0.4, -0.2) is 6.61 Å². The molecule has 2 aromatic carbocycles. The Bertz CT molecular complexity index is 580. The van der Waals surface area contributed by atoms with Gasteiger partial charge in [-0.15, -0.1) is 0 Å². The lowest BCUT2D eigenvalue weighted by Crippen LogP contribution is -1.99. The predicted octanol–water partition coefficient (Wildman–Crippen LogP) is 6.81. The van der Waals surface area contributed by atoms with E-state index in [4.69, 9.17) is 4.74 Å². The van der Waals surface area contributed by atoms with E-state index in [2.05, 4.69) is 13.0 Å². The Balaban J connectivity index is 1.68. The third-order valence-electron chi connectivity index (χ3n) is 4.24. The fourth-order valence-corrected chi connectivity index (χ4v) is 2.79. The maximum atomic E-state index is 14.2. The summed E-state index contributed by atoms with van der Waals surface area (Å²) < 4.78 is 19.7. The molecule has 24 heavy (non-hydrogen) atoms. The molecule has 1 radical (unpaired) electrons. The number of unbranched alkanes of at least 4 members (excludes halogenated alkanes) is 7. The molecule has 0 aromatic heterocycles. The summed E-state index contributed by atoms with van der Waals surface area (Å²) in [5.74, 6) is 0.0593. The van der Waals surface area contributed by atoms with Crippen molar-refractivity contribution in [2.75, 3.05) is 6.61 Å². The van der Waals surface area contributed by atoms with Crippen LogP contribution < -0.4 is 4.74 Å². The van der Waals surface area contributed by atoms with Crippen LogP contribution in [0.3, 0.4) is 0 Å². The number of benzene rings is 2. The van der Waals surface area contributed by atoms with Gasteiger partial charge >= 0.3 is 0 Å². The van der Waals surface area contributed by atoms with Crippen LogP contribution in [-0.2, 0) is 0 Å². The van der Waals surface area contributed by atoms with Gasteiger partial charge in [0.05, 0.1) is 6.61 Å². The molecule has 2 rings (SSSR count). The lowest BCUT2D eigenvalue weighted by molar-refractivity contribution is 0.290. The van der Waals surface area contributed by atoms with Gasteiger partial charge in [0.15, 0.2) is 11.6 Å². The van der Waals surface area contributed by atoms with Crippen molar-refractivity contribution in [1.29, 1.82) is 0 Å². The van der Waals surface area contributed by atoms with Gasteiger partial charge in [0.25, 0.3) is 0 Å². The molecule has 0 aliphatic rings. The van der Waals surface area contributed by atoms with Crippen LogP contribution >= 0.6 is 0 Å². The van der Waals surface area contributed by atoms with Gasteiger partial charge in [-0.25, -0.2) is 4.39 Å². The molecule has 0 amide bonds. The molecule has 129 valence electrons. The van der Waals surface area contributed by atoms with E-state index in [9.17, 15) is 4.39 Å². The van der Waals surface area contributed by atoms with Gasteiger partial charge in [-0.1, -0.05) is 82.2 Å². The second-order valence-corrected chi connectivity index (χ2v) is 6.26. The van der Waals surface area contributed by atoms with Gasteiger partial charge in [-0.05, 0) is 35.7 Å². The Morgan fingerprint density at radius 2 is 1.50 bits per heavy atom. The van der Waals surface area contributed by atoms with Crippen LogP contribution in [0, 0.1) is 11.9 Å². The minimum atomic E-state index is -0.292. The molecule has 0 fully saturated rings. The normalized spacial score (nSPS) is 10.8. The molecule has 0 bridgehead atoms. The van der Waals surface area contributed by atoms with E-state index < -0.39 is 0 Å². The number of hydrogen-bond acceptors (Lipinski definition) is 1. The minimum Gasteiger partial charge on any atom is -0.491 e. The summed E-state index contributed by atoms with van der Waals surface area (Å²) in [6.07, 6.45) is 10.0. The topological polar surface area (TPSA) is 9.23 Å². The summed E-state index contributed by atoms with van der Waals surface area (Å²) >= 11 is 0. The molecule has 0 unspecified atom stereocenters. The van der Waals surface area contributed by atoms with Gasteiger partial charge < -0.3 is 4.74 Å². The monoisotopic (exact) mass is 327 g/mol. The zero-order chi connectivity index (χ0) is 17.0. The first-order chi connectivity index (χ1) is 11.8. The van der Waals surface area contributed by atoms with Gasteiger partial charge in [0.2, 0.25) is 0 Å². The van der Waals surface area contributed by atoms with E-state index in [1.54, 1.807) is 12.1 Å². The number of ether oxygens (including phenoxy) is 1. The van der Waals surface area contributed by atoms with Crippen molar-refractivity contribution in [2.24, 2.45) is 0 Å². The first-order valence-corrected chi connectivity index (χ1v) is 9.20. The van der Waals surface area contributed by atoms with Crippen molar-refractivity contribution in [3.63, 3.8) is 0 Å². The van der Waals surface area contributed by atoms with Crippen molar-refractivity contribution >= 4 is 0 Å². The van der Waals surface area contributed by atoms with Crippen LogP contribution in [0.15, 0.2) is 42.5 Å². The summed E-state index contributed by atoms with van der Waals surface area (Å²) in [6.45, 7) is 2.83. The maximum Gasteiger partial charge on any atom is 0.165 e. The highest BCUT2D eigenvalue weighted by Gasteiger charge is 2.06. The predicted molar refractivity (Wildman–Crippen MR) is 98.8 cm³/mol.